The van der Waals surface area contributed by atoms with Gasteiger partial charge in [-0.15, -0.1) is 0 Å². The van der Waals surface area contributed by atoms with Crippen LogP contribution in [0.5, 0.6) is 0 Å². The number of nitrogens with two attached hydrogens (primary N) is 1. The van der Waals surface area contributed by atoms with E-state index in [-0.39, 0.29) is 12.3 Å². The van der Waals surface area contributed by atoms with Crippen LogP contribution in [0.1, 0.15) is 12.1 Å². The number of nitrogen functional groups attached to an aromatic ring is 1. The third-order valence-corrected chi connectivity index (χ3v) is 3.49. The van der Waals surface area contributed by atoms with Crippen molar-refractivity contribution in [1.82, 2.24) is 9.78 Å². The number of aromatic nitrogens is 2. The summed E-state index contributed by atoms with van der Waals surface area (Å²) >= 11 is 11.7. The van der Waals surface area contributed by atoms with Crippen LogP contribution in [0.25, 0.3) is 0 Å². The molecule has 1 amide bonds. The molecule has 1 aromatic heterocycles. The number of hydrogen-bond acceptors (Lipinski definition) is 3. The summed E-state index contributed by atoms with van der Waals surface area (Å²) in [7, 11) is 0. The van der Waals surface area contributed by atoms with Gasteiger partial charge in [-0.05, 0) is 25.1 Å². The predicted molar refractivity (Wildman–Crippen MR) is 81.1 cm³/mol. The van der Waals surface area contributed by atoms with Gasteiger partial charge in [0.1, 0.15) is 0 Å². The summed E-state index contributed by atoms with van der Waals surface area (Å²) in [4.78, 5) is 11.9. The highest BCUT2D eigenvalue weighted by molar-refractivity contribution is 6.31. The van der Waals surface area contributed by atoms with Gasteiger partial charge in [-0.25, -0.2) is 0 Å². The lowest BCUT2D eigenvalue weighted by Crippen LogP contribution is -2.16. The van der Waals surface area contributed by atoms with Crippen LogP contribution in [0.2, 0.25) is 10.0 Å². The number of carbonyl (C=O) groups excluding carboxylic acids is 1. The summed E-state index contributed by atoms with van der Waals surface area (Å²) in [5.41, 5.74) is 7.59. The second-order valence-electron chi connectivity index (χ2n) is 4.33. The Morgan fingerprint density at radius 3 is 2.80 bits per heavy atom. The first kappa shape index (κ1) is 14.7. The fourth-order valence-corrected chi connectivity index (χ4v) is 2.04. The standard InChI is InChI=1S/C13H14Cl2N4O/c1-8-10(15)7-17-19(8)5-4-13(20)18-12-3-2-9(14)6-11(12)16/h2-3,6-7H,4-5,16H2,1H3,(H,18,20). The Morgan fingerprint density at radius 2 is 2.20 bits per heavy atom. The number of halogens is 2. The normalized spacial score (nSPS) is 10.6. The molecule has 0 spiro atoms. The number of aryl methyl sites for hydroxylation is 1. The number of benzene rings is 1. The van der Waals surface area contributed by atoms with Gasteiger partial charge in [-0.3, -0.25) is 9.48 Å². The molecule has 2 rings (SSSR count). The van der Waals surface area contributed by atoms with E-state index in [1.807, 2.05) is 6.92 Å². The molecule has 106 valence electrons. The fourth-order valence-electron chi connectivity index (χ4n) is 1.72. The van der Waals surface area contributed by atoms with Crippen LogP contribution >= 0.6 is 23.2 Å². The molecular weight excluding hydrogens is 299 g/mol. The molecule has 0 aliphatic rings. The highest BCUT2D eigenvalue weighted by atomic mass is 35.5. The fraction of sp³-hybridized carbons (Fsp3) is 0.231. The van der Waals surface area contributed by atoms with Crippen molar-refractivity contribution in [3.63, 3.8) is 0 Å². The van der Waals surface area contributed by atoms with Gasteiger partial charge >= 0.3 is 0 Å². The van der Waals surface area contributed by atoms with Crippen LogP contribution in [0.4, 0.5) is 11.4 Å². The minimum absolute atomic E-state index is 0.148. The van der Waals surface area contributed by atoms with E-state index in [4.69, 9.17) is 28.9 Å². The van der Waals surface area contributed by atoms with Gasteiger partial charge in [-0.2, -0.15) is 5.10 Å². The van der Waals surface area contributed by atoms with E-state index >= 15 is 0 Å². The summed E-state index contributed by atoms with van der Waals surface area (Å²) in [5.74, 6) is -0.148. The van der Waals surface area contributed by atoms with E-state index in [1.165, 1.54) is 0 Å². The van der Waals surface area contributed by atoms with Crippen molar-refractivity contribution in [2.45, 2.75) is 19.9 Å². The van der Waals surface area contributed by atoms with Crippen molar-refractivity contribution < 1.29 is 4.79 Å². The van der Waals surface area contributed by atoms with Crippen LogP contribution in [-0.4, -0.2) is 15.7 Å². The molecular formula is C13H14Cl2N4O. The van der Waals surface area contributed by atoms with Crippen molar-refractivity contribution in [1.29, 1.82) is 0 Å². The number of nitrogens with one attached hydrogen (secondary N) is 1. The zero-order valence-corrected chi connectivity index (χ0v) is 12.4. The van der Waals surface area contributed by atoms with Crippen LogP contribution in [0.15, 0.2) is 24.4 Å². The van der Waals surface area contributed by atoms with Crippen LogP contribution < -0.4 is 11.1 Å². The van der Waals surface area contributed by atoms with Crippen LogP contribution in [-0.2, 0) is 11.3 Å². The Hall–Kier alpha value is -1.72. The lowest BCUT2D eigenvalue weighted by molar-refractivity contribution is -0.116. The lowest BCUT2D eigenvalue weighted by atomic mass is 10.2. The smallest absolute Gasteiger partial charge is 0.226 e. The third-order valence-electron chi connectivity index (χ3n) is 2.88. The predicted octanol–water partition coefficient (Wildman–Crippen LogP) is 3.11. The highest BCUT2D eigenvalue weighted by Crippen LogP contribution is 2.22. The van der Waals surface area contributed by atoms with Gasteiger partial charge in [0.15, 0.2) is 0 Å². The number of nitrogens with zero attached hydrogens (tertiary/aromatic N) is 2. The second kappa shape index (κ2) is 6.15. The number of rotatable bonds is 4. The Kier molecular flexibility index (Phi) is 4.52. The average Bonchev–Trinajstić information content (AvgIpc) is 2.71. The van der Waals surface area contributed by atoms with E-state index in [0.717, 1.165) is 5.69 Å². The SMILES string of the molecule is Cc1c(Cl)cnn1CCC(=O)Nc1ccc(Cl)cc1N. The third kappa shape index (κ3) is 3.43. The molecule has 5 nitrogen and oxygen atoms in total. The number of amides is 1. The van der Waals surface area contributed by atoms with Gasteiger partial charge < -0.3 is 11.1 Å². The molecule has 20 heavy (non-hydrogen) atoms. The molecule has 0 fully saturated rings. The van der Waals surface area contributed by atoms with E-state index in [0.29, 0.717) is 28.0 Å². The molecule has 0 aliphatic heterocycles. The molecule has 7 heteroatoms. The molecule has 0 bridgehead atoms. The maximum atomic E-state index is 11.9. The molecule has 0 radical (unpaired) electrons. The van der Waals surface area contributed by atoms with Gasteiger partial charge in [0.25, 0.3) is 0 Å². The monoisotopic (exact) mass is 312 g/mol. The first-order valence-corrected chi connectivity index (χ1v) is 6.75. The Morgan fingerprint density at radius 1 is 1.45 bits per heavy atom. The summed E-state index contributed by atoms with van der Waals surface area (Å²) < 4.78 is 1.69. The quantitative estimate of drug-likeness (QED) is 0.852. The molecule has 1 heterocycles. The second-order valence-corrected chi connectivity index (χ2v) is 5.17. The molecule has 0 aliphatic carbocycles. The highest BCUT2D eigenvalue weighted by Gasteiger charge is 2.08. The van der Waals surface area contributed by atoms with E-state index < -0.39 is 0 Å². The van der Waals surface area contributed by atoms with E-state index in [9.17, 15) is 4.79 Å². The van der Waals surface area contributed by atoms with Crippen molar-refractivity contribution in [2.24, 2.45) is 0 Å². The van der Waals surface area contributed by atoms with Gasteiger partial charge in [-0.1, -0.05) is 23.2 Å². The summed E-state index contributed by atoms with van der Waals surface area (Å²) in [6.07, 6.45) is 1.84. The lowest BCUT2D eigenvalue weighted by Gasteiger charge is -2.09. The number of anilines is 2. The van der Waals surface area contributed by atoms with Crippen LogP contribution in [0, 0.1) is 6.92 Å². The number of carbonyl (C=O) groups is 1. The molecule has 1 aromatic carbocycles. The Bertz CT molecular complexity index is 639. The van der Waals surface area contributed by atoms with Crippen molar-refractivity contribution in [3.8, 4) is 0 Å². The van der Waals surface area contributed by atoms with E-state index in [2.05, 4.69) is 10.4 Å². The molecule has 2 aromatic rings. The van der Waals surface area contributed by atoms with Crippen LogP contribution in [0.3, 0.4) is 0 Å². The summed E-state index contributed by atoms with van der Waals surface area (Å²) in [5, 5.41) is 7.94. The zero-order valence-electron chi connectivity index (χ0n) is 10.9. The molecule has 0 unspecified atom stereocenters. The maximum absolute atomic E-state index is 11.9. The molecule has 0 atom stereocenters. The summed E-state index contributed by atoms with van der Waals surface area (Å²) in [6, 6.07) is 4.94. The zero-order chi connectivity index (χ0) is 14.7. The largest absolute Gasteiger partial charge is 0.397 e. The topological polar surface area (TPSA) is 72.9 Å². The maximum Gasteiger partial charge on any atom is 0.226 e. The Labute approximate surface area is 126 Å². The number of hydrogen-bond donors (Lipinski definition) is 2. The molecule has 0 saturated carbocycles. The first-order valence-electron chi connectivity index (χ1n) is 6.00. The Balaban J connectivity index is 1.94. The van der Waals surface area contributed by atoms with Gasteiger partial charge in [0.05, 0.1) is 34.8 Å². The first-order chi connectivity index (χ1) is 9.47. The van der Waals surface area contributed by atoms with Crippen molar-refractivity contribution >= 4 is 40.5 Å². The minimum atomic E-state index is -0.148. The molecule has 0 saturated heterocycles. The molecule has 3 N–H and O–H groups in total. The summed E-state index contributed by atoms with van der Waals surface area (Å²) in [6.45, 7) is 2.31. The van der Waals surface area contributed by atoms with Gasteiger partial charge in [0, 0.05) is 11.4 Å². The van der Waals surface area contributed by atoms with Crippen molar-refractivity contribution in [2.75, 3.05) is 11.1 Å². The van der Waals surface area contributed by atoms with Crippen molar-refractivity contribution in [3.05, 3.63) is 40.1 Å². The van der Waals surface area contributed by atoms with Gasteiger partial charge in [0.2, 0.25) is 5.91 Å². The average molecular weight is 313 g/mol. The minimum Gasteiger partial charge on any atom is -0.397 e. The van der Waals surface area contributed by atoms with E-state index in [1.54, 1.807) is 29.1 Å².